The van der Waals surface area contributed by atoms with Gasteiger partial charge in [0.1, 0.15) is 11.8 Å². The summed E-state index contributed by atoms with van der Waals surface area (Å²) in [5, 5.41) is 3.83. The summed E-state index contributed by atoms with van der Waals surface area (Å²) in [6.45, 7) is 6.05. The number of halogens is 2. The molecule has 2 rings (SSSR count). The van der Waals surface area contributed by atoms with Crippen molar-refractivity contribution in [2.75, 3.05) is 24.2 Å². The van der Waals surface area contributed by atoms with E-state index in [1.54, 1.807) is 29.2 Å². The molecular weight excluding hydrogens is 549 g/mol. The van der Waals surface area contributed by atoms with Gasteiger partial charge < -0.3 is 15.0 Å². The van der Waals surface area contributed by atoms with Gasteiger partial charge in [-0.15, -0.1) is 0 Å². The minimum atomic E-state index is -3.64. The summed E-state index contributed by atoms with van der Waals surface area (Å²) in [6.07, 6.45) is 2.60. The molecule has 11 heteroatoms. The summed E-state index contributed by atoms with van der Waals surface area (Å²) in [7, 11) is -2.17. The van der Waals surface area contributed by atoms with Crippen LogP contribution in [0.2, 0.25) is 10.0 Å². The van der Waals surface area contributed by atoms with Crippen molar-refractivity contribution in [3.05, 3.63) is 58.1 Å². The molecule has 0 aliphatic rings. The zero-order valence-corrected chi connectivity index (χ0v) is 24.9. The number of rotatable bonds is 14. The van der Waals surface area contributed by atoms with Crippen LogP contribution in [0.25, 0.3) is 0 Å². The van der Waals surface area contributed by atoms with Gasteiger partial charge in [0, 0.05) is 30.6 Å². The lowest BCUT2D eigenvalue weighted by Gasteiger charge is -2.32. The highest BCUT2D eigenvalue weighted by molar-refractivity contribution is 7.92. The average molecular weight is 587 g/mol. The van der Waals surface area contributed by atoms with Crippen molar-refractivity contribution in [3.63, 3.8) is 0 Å². The molecule has 0 fully saturated rings. The molecule has 0 unspecified atom stereocenters. The van der Waals surface area contributed by atoms with Gasteiger partial charge in [0.2, 0.25) is 21.8 Å². The number of carbonyl (C=O) groups excluding carboxylic acids is 2. The van der Waals surface area contributed by atoms with E-state index in [-0.39, 0.29) is 48.8 Å². The molecular formula is C27H37Cl2N3O5S. The third-order valence-electron chi connectivity index (χ3n) is 6.23. The molecule has 1 N–H and O–H groups in total. The Morgan fingerprint density at radius 1 is 1.05 bits per heavy atom. The highest BCUT2D eigenvalue weighted by Gasteiger charge is 2.29. The lowest BCUT2D eigenvalue weighted by molar-refractivity contribution is -0.141. The number of anilines is 1. The summed E-state index contributed by atoms with van der Waals surface area (Å²) < 4.78 is 31.5. The maximum Gasteiger partial charge on any atom is 0.243 e. The molecule has 0 aliphatic carbocycles. The van der Waals surface area contributed by atoms with Crippen molar-refractivity contribution in [3.8, 4) is 5.75 Å². The van der Waals surface area contributed by atoms with Crippen LogP contribution in [-0.4, -0.2) is 57.1 Å². The molecule has 0 heterocycles. The molecule has 0 aliphatic heterocycles. The Labute approximate surface area is 236 Å². The number of amides is 2. The van der Waals surface area contributed by atoms with E-state index in [1.165, 1.54) is 17.5 Å². The molecule has 0 saturated carbocycles. The summed E-state index contributed by atoms with van der Waals surface area (Å²) in [5.41, 5.74) is 1.21. The molecule has 2 amide bonds. The van der Waals surface area contributed by atoms with Crippen molar-refractivity contribution < 1.29 is 22.7 Å². The van der Waals surface area contributed by atoms with Gasteiger partial charge in [0.05, 0.1) is 24.1 Å². The Kier molecular flexibility index (Phi) is 12.2. The lowest BCUT2D eigenvalue weighted by atomic mass is 10.1. The van der Waals surface area contributed by atoms with E-state index in [2.05, 4.69) is 5.32 Å². The molecule has 38 heavy (non-hydrogen) atoms. The number of nitrogens with zero attached hydrogens (tertiary/aromatic N) is 2. The highest BCUT2D eigenvalue weighted by Crippen LogP contribution is 2.30. The quantitative estimate of drug-likeness (QED) is 0.326. The molecule has 0 radical (unpaired) electrons. The molecule has 0 spiro atoms. The monoisotopic (exact) mass is 585 g/mol. The fraction of sp³-hybridized carbons (Fsp3) is 0.481. The van der Waals surface area contributed by atoms with Crippen molar-refractivity contribution >= 4 is 50.7 Å². The van der Waals surface area contributed by atoms with Crippen LogP contribution >= 0.6 is 23.2 Å². The predicted octanol–water partition coefficient (Wildman–Crippen LogP) is 5.27. The summed E-state index contributed by atoms with van der Waals surface area (Å²) in [5.74, 6) is -0.0275. The SMILES string of the molecule is CC[C@H](C(=O)N[C@@H](C)CC)N(Cc1ccc(Cl)cc1)C(=O)CCCN(c1ccc(OC)c(Cl)c1)S(C)(=O)=O. The van der Waals surface area contributed by atoms with Crippen LogP contribution in [0.15, 0.2) is 42.5 Å². The van der Waals surface area contributed by atoms with E-state index in [9.17, 15) is 18.0 Å². The fourth-order valence-corrected chi connectivity index (χ4v) is 5.30. The minimum Gasteiger partial charge on any atom is -0.495 e. The average Bonchev–Trinajstić information content (AvgIpc) is 2.86. The van der Waals surface area contributed by atoms with Gasteiger partial charge in [-0.25, -0.2) is 8.42 Å². The van der Waals surface area contributed by atoms with Crippen LogP contribution in [-0.2, 0) is 26.2 Å². The standard InChI is InChI=1S/C27H37Cl2N3O5S/c1-6-19(3)30-27(34)24(7-2)31(18-20-10-12-21(28)13-11-20)26(33)9-8-16-32(38(5,35)36)22-14-15-25(37-4)23(29)17-22/h10-15,17,19,24H,6-9,16,18H2,1-5H3,(H,30,34)/t19-,24+/m0/s1. The zero-order chi connectivity index (χ0) is 28.5. The predicted molar refractivity (Wildman–Crippen MR) is 153 cm³/mol. The van der Waals surface area contributed by atoms with Crippen LogP contribution in [0.4, 0.5) is 5.69 Å². The topological polar surface area (TPSA) is 96.0 Å². The van der Waals surface area contributed by atoms with E-state index < -0.39 is 16.1 Å². The summed E-state index contributed by atoms with van der Waals surface area (Å²) >= 11 is 12.2. The third-order valence-corrected chi connectivity index (χ3v) is 7.97. The molecule has 8 nitrogen and oxygen atoms in total. The van der Waals surface area contributed by atoms with E-state index in [4.69, 9.17) is 27.9 Å². The maximum atomic E-state index is 13.5. The summed E-state index contributed by atoms with van der Waals surface area (Å²) in [6, 6.07) is 11.1. The lowest BCUT2D eigenvalue weighted by Crippen LogP contribution is -2.50. The molecule has 210 valence electrons. The van der Waals surface area contributed by atoms with Gasteiger partial charge in [-0.3, -0.25) is 13.9 Å². The Balaban J connectivity index is 2.24. The Morgan fingerprint density at radius 3 is 2.24 bits per heavy atom. The van der Waals surface area contributed by atoms with E-state index in [0.717, 1.165) is 18.2 Å². The number of ether oxygens (including phenoxy) is 1. The highest BCUT2D eigenvalue weighted by atomic mass is 35.5. The van der Waals surface area contributed by atoms with Gasteiger partial charge in [-0.2, -0.15) is 0 Å². The van der Waals surface area contributed by atoms with Crippen LogP contribution in [0.5, 0.6) is 5.75 Å². The number of nitrogens with one attached hydrogen (secondary N) is 1. The van der Waals surface area contributed by atoms with Gasteiger partial charge in [0.15, 0.2) is 0 Å². The van der Waals surface area contributed by atoms with Crippen molar-refractivity contribution in [1.82, 2.24) is 10.2 Å². The third kappa shape index (κ3) is 9.06. The molecule has 0 aromatic heterocycles. The first-order valence-corrected chi connectivity index (χ1v) is 15.2. The second kappa shape index (κ2) is 14.6. The van der Waals surface area contributed by atoms with Gasteiger partial charge in [-0.1, -0.05) is 49.2 Å². The number of hydrogen-bond acceptors (Lipinski definition) is 5. The summed E-state index contributed by atoms with van der Waals surface area (Å²) in [4.78, 5) is 28.1. The van der Waals surface area contributed by atoms with Gasteiger partial charge >= 0.3 is 0 Å². The number of methoxy groups -OCH3 is 1. The first-order chi connectivity index (χ1) is 17.9. The van der Waals surface area contributed by atoms with Crippen LogP contribution in [0.3, 0.4) is 0 Å². The van der Waals surface area contributed by atoms with Crippen LogP contribution in [0.1, 0.15) is 52.0 Å². The van der Waals surface area contributed by atoms with Crippen LogP contribution < -0.4 is 14.4 Å². The van der Waals surface area contributed by atoms with Crippen molar-refractivity contribution in [2.45, 2.75) is 65.1 Å². The molecule has 2 atom stereocenters. The molecule has 2 aromatic carbocycles. The minimum absolute atomic E-state index is 0.0244. The van der Waals surface area contributed by atoms with Crippen LogP contribution in [0, 0.1) is 0 Å². The van der Waals surface area contributed by atoms with Gasteiger partial charge in [0.25, 0.3) is 0 Å². The van der Waals surface area contributed by atoms with E-state index in [1.807, 2.05) is 32.9 Å². The van der Waals surface area contributed by atoms with Gasteiger partial charge in [-0.05, 0) is 62.1 Å². The van der Waals surface area contributed by atoms with E-state index in [0.29, 0.717) is 22.9 Å². The first kappa shape index (κ1) is 31.7. The largest absolute Gasteiger partial charge is 0.495 e. The number of carbonyl (C=O) groups is 2. The Morgan fingerprint density at radius 2 is 1.71 bits per heavy atom. The van der Waals surface area contributed by atoms with E-state index >= 15 is 0 Å². The Hall–Kier alpha value is -2.49. The fourth-order valence-electron chi connectivity index (χ4n) is 3.96. The number of hydrogen-bond donors (Lipinski definition) is 1. The van der Waals surface area contributed by atoms with Crippen molar-refractivity contribution in [2.24, 2.45) is 0 Å². The molecule has 0 bridgehead atoms. The second-order valence-corrected chi connectivity index (χ2v) is 11.9. The smallest absolute Gasteiger partial charge is 0.243 e. The molecule has 0 saturated heterocycles. The second-order valence-electron chi connectivity index (χ2n) is 9.15. The normalized spacial score (nSPS) is 12.9. The number of benzene rings is 2. The number of sulfonamides is 1. The first-order valence-electron chi connectivity index (χ1n) is 12.6. The van der Waals surface area contributed by atoms with Crippen molar-refractivity contribution in [1.29, 1.82) is 0 Å². The Bertz CT molecular complexity index is 1190. The molecule has 2 aromatic rings. The maximum absolute atomic E-state index is 13.5. The zero-order valence-electron chi connectivity index (χ0n) is 22.5.